The van der Waals surface area contributed by atoms with Crippen molar-refractivity contribution in [3.8, 4) is 10.6 Å². The zero-order chi connectivity index (χ0) is 16.1. The van der Waals surface area contributed by atoms with E-state index in [0.717, 1.165) is 0 Å². The van der Waals surface area contributed by atoms with E-state index in [-0.39, 0.29) is 17.4 Å². The molecule has 2 aromatic rings. The van der Waals surface area contributed by atoms with E-state index in [1.54, 1.807) is 24.4 Å². The van der Waals surface area contributed by atoms with Crippen LogP contribution >= 0.6 is 11.3 Å². The van der Waals surface area contributed by atoms with Gasteiger partial charge in [0.25, 0.3) is 5.91 Å². The number of halogens is 1. The highest BCUT2D eigenvalue weighted by molar-refractivity contribution is 7.13. The Kier molecular flexibility index (Phi) is 5.21. The third-order valence-corrected chi connectivity index (χ3v) is 3.70. The second-order valence-electron chi connectivity index (χ2n) is 4.49. The number of nitrogens with one attached hydrogen (secondary N) is 1. The summed E-state index contributed by atoms with van der Waals surface area (Å²) in [5.41, 5.74) is 0.836. The third-order valence-electron chi connectivity index (χ3n) is 2.81. The molecular weight excluding hydrogens is 307 g/mol. The van der Waals surface area contributed by atoms with Gasteiger partial charge < -0.3 is 10.1 Å². The highest BCUT2D eigenvalue weighted by Crippen LogP contribution is 2.24. The lowest BCUT2D eigenvalue weighted by Crippen LogP contribution is -2.35. The minimum Gasteiger partial charge on any atom is -0.448 e. The van der Waals surface area contributed by atoms with Crippen molar-refractivity contribution in [1.29, 1.82) is 0 Å². The molecule has 0 aliphatic carbocycles. The number of amides is 1. The Morgan fingerprint density at radius 2 is 2.05 bits per heavy atom. The zero-order valence-corrected chi connectivity index (χ0v) is 12.9. The summed E-state index contributed by atoms with van der Waals surface area (Å²) in [6, 6.07) is 5.82. The van der Waals surface area contributed by atoms with Gasteiger partial charge in [-0.05, 0) is 38.1 Å². The number of carbonyl (C=O) groups is 2. The summed E-state index contributed by atoms with van der Waals surface area (Å²) >= 11 is 1.25. The molecule has 1 aromatic heterocycles. The van der Waals surface area contributed by atoms with Crippen molar-refractivity contribution >= 4 is 23.2 Å². The van der Waals surface area contributed by atoms with Crippen molar-refractivity contribution in [2.75, 3.05) is 6.54 Å². The van der Waals surface area contributed by atoms with Crippen LogP contribution in [0.5, 0.6) is 0 Å². The number of esters is 1. The van der Waals surface area contributed by atoms with Gasteiger partial charge in [-0.25, -0.2) is 14.2 Å². The number of aromatic nitrogens is 1. The smallest absolute Gasteiger partial charge is 0.358 e. The third kappa shape index (κ3) is 3.88. The molecule has 0 aliphatic heterocycles. The Labute approximate surface area is 131 Å². The molecule has 1 N–H and O–H groups in total. The van der Waals surface area contributed by atoms with E-state index >= 15 is 0 Å². The van der Waals surface area contributed by atoms with Gasteiger partial charge in [-0.3, -0.25) is 4.79 Å². The first-order valence-corrected chi connectivity index (χ1v) is 7.59. The maximum Gasteiger partial charge on any atom is 0.358 e. The summed E-state index contributed by atoms with van der Waals surface area (Å²) in [5.74, 6) is -1.36. The van der Waals surface area contributed by atoms with Gasteiger partial charge in [0.2, 0.25) is 0 Å². The Bertz CT molecular complexity index is 670. The van der Waals surface area contributed by atoms with Gasteiger partial charge in [0, 0.05) is 17.5 Å². The quantitative estimate of drug-likeness (QED) is 0.859. The average Bonchev–Trinajstić information content (AvgIpc) is 2.98. The summed E-state index contributed by atoms with van der Waals surface area (Å²) < 4.78 is 17.9. The number of ether oxygens (including phenoxy) is 1. The monoisotopic (exact) mass is 322 g/mol. The van der Waals surface area contributed by atoms with Gasteiger partial charge in [-0.2, -0.15) is 0 Å². The van der Waals surface area contributed by atoms with Crippen molar-refractivity contribution in [3.05, 3.63) is 41.2 Å². The van der Waals surface area contributed by atoms with Crippen molar-refractivity contribution < 1.29 is 18.7 Å². The molecular formula is C15H15FN2O3S. The van der Waals surface area contributed by atoms with Gasteiger partial charge in [0.15, 0.2) is 11.8 Å². The lowest BCUT2D eigenvalue weighted by atomic mass is 10.2. The Hall–Kier alpha value is -2.28. The molecule has 0 saturated carbocycles. The van der Waals surface area contributed by atoms with Crippen LogP contribution in [0.2, 0.25) is 0 Å². The lowest BCUT2D eigenvalue weighted by Gasteiger charge is -2.11. The standard InChI is InChI=1S/C15H15FN2O3S/c1-3-17-13(19)9(2)21-15(20)12-8-22-14(18-12)10-4-6-11(16)7-5-10/h4-9H,3H2,1-2H3,(H,17,19)/t9-/m0/s1. The van der Waals surface area contributed by atoms with E-state index in [4.69, 9.17) is 4.74 Å². The van der Waals surface area contributed by atoms with Crippen LogP contribution in [-0.4, -0.2) is 29.5 Å². The largest absolute Gasteiger partial charge is 0.448 e. The maximum atomic E-state index is 12.9. The molecule has 7 heteroatoms. The first kappa shape index (κ1) is 16.1. The second kappa shape index (κ2) is 7.13. The maximum absolute atomic E-state index is 12.9. The van der Waals surface area contributed by atoms with Crippen molar-refractivity contribution in [3.63, 3.8) is 0 Å². The summed E-state index contributed by atoms with van der Waals surface area (Å²) in [6.45, 7) is 3.74. The molecule has 116 valence electrons. The van der Waals surface area contributed by atoms with E-state index in [0.29, 0.717) is 17.1 Å². The minimum atomic E-state index is -0.886. The first-order chi connectivity index (χ1) is 10.5. The molecule has 1 aromatic carbocycles. The molecule has 5 nitrogen and oxygen atoms in total. The van der Waals surface area contributed by atoms with Crippen LogP contribution in [0.15, 0.2) is 29.6 Å². The molecule has 0 bridgehead atoms. The number of hydrogen-bond acceptors (Lipinski definition) is 5. The molecule has 1 amide bonds. The second-order valence-corrected chi connectivity index (χ2v) is 5.35. The fourth-order valence-electron chi connectivity index (χ4n) is 1.68. The number of hydrogen-bond donors (Lipinski definition) is 1. The van der Waals surface area contributed by atoms with Gasteiger partial charge in [-0.15, -0.1) is 11.3 Å². The topological polar surface area (TPSA) is 68.3 Å². The van der Waals surface area contributed by atoms with Crippen molar-refractivity contribution in [2.24, 2.45) is 0 Å². The lowest BCUT2D eigenvalue weighted by molar-refractivity contribution is -0.128. The molecule has 0 spiro atoms. The van der Waals surface area contributed by atoms with Crippen LogP contribution in [-0.2, 0) is 9.53 Å². The number of rotatable bonds is 5. The molecule has 22 heavy (non-hydrogen) atoms. The normalized spacial score (nSPS) is 11.8. The fourth-order valence-corrected chi connectivity index (χ4v) is 2.48. The molecule has 0 fully saturated rings. The van der Waals surface area contributed by atoms with Crippen LogP contribution in [0.3, 0.4) is 0 Å². The average molecular weight is 322 g/mol. The van der Waals surface area contributed by atoms with Crippen LogP contribution in [0.25, 0.3) is 10.6 Å². The number of benzene rings is 1. The number of carbonyl (C=O) groups excluding carboxylic acids is 2. The first-order valence-electron chi connectivity index (χ1n) is 6.71. The summed E-state index contributed by atoms with van der Waals surface area (Å²) in [5, 5.41) is 4.70. The SMILES string of the molecule is CCNC(=O)[C@H](C)OC(=O)c1csc(-c2ccc(F)cc2)n1. The number of likely N-dealkylation sites (N-methyl/N-ethyl adjacent to an activating group) is 1. The van der Waals surface area contributed by atoms with E-state index in [9.17, 15) is 14.0 Å². The molecule has 1 atom stereocenters. The van der Waals surface area contributed by atoms with Gasteiger partial charge in [0.05, 0.1) is 0 Å². The number of thiazole rings is 1. The van der Waals surface area contributed by atoms with Gasteiger partial charge >= 0.3 is 5.97 Å². The predicted octanol–water partition coefficient (Wildman–Crippen LogP) is 2.63. The molecule has 2 rings (SSSR count). The van der Waals surface area contributed by atoms with Crippen LogP contribution in [0.4, 0.5) is 4.39 Å². The molecule has 0 aliphatic rings. The molecule has 0 unspecified atom stereocenters. The number of nitrogens with zero attached hydrogens (tertiary/aromatic N) is 1. The van der Waals surface area contributed by atoms with Gasteiger partial charge in [-0.1, -0.05) is 0 Å². The molecule has 0 saturated heterocycles. The Morgan fingerprint density at radius 1 is 1.36 bits per heavy atom. The van der Waals surface area contributed by atoms with E-state index in [1.165, 1.54) is 30.4 Å². The summed E-state index contributed by atoms with van der Waals surface area (Å²) in [6.07, 6.45) is -0.886. The summed E-state index contributed by atoms with van der Waals surface area (Å²) in [4.78, 5) is 27.6. The highest BCUT2D eigenvalue weighted by atomic mass is 32.1. The van der Waals surface area contributed by atoms with Crippen LogP contribution in [0, 0.1) is 5.82 Å². The van der Waals surface area contributed by atoms with Crippen LogP contribution < -0.4 is 5.32 Å². The van der Waals surface area contributed by atoms with Crippen molar-refractivity contribution in [2.45, 2.75) is 20.0 Å². The van der Waals surface area contributed by atoms with Gasteiger partial charge in [0.1, 0.15) is 10.8 Å². The Morgan fingerprint density at radius 3 is 2.68 bits per heavy atom. The van der Waals surface area contributed by atoms with E-state index in [2.05, 4.69) is 10.3 Å². The highest BCUT2D eigenvalue weighted by Gasteiger charge is 2.20. The fraction of sp³-hybridized carbons (Fsp3) is 0.267. The van der Waals surface area contributed by atoms with E-state index < -0.39 is 12.1 Å². The summed E-state index contributed by atoms with van der Waals surface area (Å²) in [7, 11) is 0. The van der Waals surface area contributed by atoms with Crippen molar-refractivity contribution in [1.82, 2.24) is 10.3 Å². The molecule has 1 heterocycles. The zero-order valence-electron chi connectivity index (χ0n) is 12.1. The van der Waals surface area contributed by atoms with Crippen LogP contribution in [0.1, 0.15) is 24.3 Å². The Balaban J connectivity index is 2.06. The minimum absolute atomic E-state index is 0.125. The molecule has 0 radical (unpaired) electrons. The van der Waals surface area contributed by atoms with E-state index in [1.807, 2.05) is 0 Å². The predicted molar refractivity (Wildman–Crippen MR) is 81.1 cm³/mol.